The molecule has 0 aliphatic heterocycles. The highest BCUT2D eigenvalue weighted by Crippen LogP contribution is 2.23. The van der Waals surface area contributed by atoms with Gasteiger partial charge >= 0.3 is 0 Å². The van der Waals surface area contributed by atoms with E-state index in [1.165, 1.54) is 42.8 Å². The second-order valence-electron chi connectivity index (χ2n) is 5.80. The Bertz CT molecular complexity index is 594. The Morgan fingerprint density at radius 2 is 2.00 bits per heavy atom. The van der Waals surface area contributed by atoms with Gasteiger partial charge in [0, 0.05) is 30.8 Å². The fourth-order valence-electron chi connectivity index (χ4n) is 2.68. The zero-order valence-corrected chi connectivity index (χ0v) is 14.3. The van der Waals surface area contributed by atoms with Gasteiger partial charge in [0.05, 0.1) is 19.3 Å². The molecule has 3 rings (SSSR count). The summed E-state index contributed by atoms with van der Waals surface area (Å²) in [5.41, 5.74) is 2.23. The number of anilines is 2. The van der Waals surface area contributed by atoms with Crippen LogP contribution < -0.4 is 5.32 Å². The van der Waals surface area contributed by atoms with Crippen LogP contribution in [0.15, 0.2) is 24.3 Å². The van der Waals surface area contributed by atoms with Gasteiger partial charge in [-0.25, -0.2) is 4.98 Å². The summed E-state index contributed by atoms with van der Waals surface area (Å²) in [6.07, 6.45) is 6.24. The van der Waals surface area contributed by atoms with E-state index in [4.69, 9.17) is 9.47 Å². The molecule has 1 aliphatic carbocycles. The molecule has 1 N–H and O–H groups in total. The summed E-state index contributed by atoms with van der Waals surface area (Å²) < 4.78 is 15.3. The molecule has 1 fully saturated rings. The van der Waals surface area contributed by atoms with E-state index in [1.54, 1.807) is 7.11 Å². The second-order valence-corrected chi connectivity index (χ2v) is 6.55. The topological polar surface area (TPSA) is 56.3 Å². The normalized spacial score (nSPS) is 15.2. The Hall–Kier alpha value is -1.50. The van der Waals surface area contributed by atoms with Crippen molar-refractivity contribution in [3.63, 3.8) is 0 Å². The van der Waals surface area contributed by atoms with Gasteiger partial charge < -0.3 is 14.8 Å². The van der Waals surface area contributed by atoms with Gasteiger partial charge in [-0.2, -0.15) is 4.37 Å². The highest BCUT2D eigenvalue weighted by molar-refractivity contribution is 7.09. The predicted molar refractivity (Wildman–Crippen MR) is 92.3 cm³/mol. The van der Waals surface area contributed by atoms with Gasteiger partial charge in [-0.15, -0.1) is 0 Å². The van der Waals surface area contributed by atoms with Crippen LogP contribution in [0.4, 0.5) is 10.8 Å². The van der Waals surface area contributed by atoms with Gasteiger partial charge in [0.15, 0.2) is 0 Å². The Kier molecular flexibility index (Phi) is 5.96. The fourth-order valence-corrected chi connectivity index (χ4v) is 3.31. The molecular weight excluding hydrogens is 310 g/mol. The molecule has 1 saturated carbocycles. The number of hydrogen-bond donors (Lipinski definition) is 1. The molecule has 0 saturated heterocycles. The highest BCUT2D eigenvalue weighted by Gasteiger charge is 2.15. The van der Waals surface area contributed by atoms with Crippen molar-refractivity contribution in [2.45, 2.75) is 44.8 Å². The third-order valence-electron chi connectivity index (χ3n) is 3.99. The van der Waals surface area contributed by atoms with Gasteiger partial charge in [-0.1, -0.05) is 25.0 Å². The number of rotatable bonds is 8. The van der Waals surface area contributed by atoms with Crippen molar-refractivity contribution >= 4 is 22.4 Å². The summed E-state index contributed by atoms with van der Waals surface area (Å²) in [7, 11) is 1.68. The van der Waals surface area contributed by atoms with Crippen LogP contribution in [0.25, 0.3) is 0 Å². The molecule has 124 valence electrons. The number of nitrogens with one attached hydrogen (secondary N) is 1. The maximum atomic E-state index is 5.94. The minimum Gasteiger partial charge on any atom is -0.384 e. The molecular formula is C17H23N3O2S. The molecule has 5 nitrogen and oxygen atoms in total. The first kappa shape index (κ1) is 16.4. The molecule has 1 heterocycles. The molecule has 1 aromatic heterocycles. The number of hydrogen-bond acceptors (Lipinski definition) is 6. The van der Waals surface area contributed by atoms with Gasteiger partial charge in [0.1, 0.15) is 5.82 Å². The lowest BCUT2D eigenvalue weighted by molar-refractivity contribution is 0.0457. The predicted octanol–water partition coefficient (Wildman–Crippen LogP) is 3.93. The fraction of sp³-hybridized carbons (Fsp3) is 0.529. The van der Waals surface area contributed by atoms with Crippen LogP contribution in [0.3, 0.4) is 0 Å². The molecule has 0 atom stereocenters. The maximum Gasteiger partial charge on any atom is 0.207 e. The lowest BCUT2D eigenvalue weighted by Gasteiger charge is -2.11. The summed E-state index contributed by atoms with van der Waals surface area (Å²) >= 11 is 1.37. The Morgan fingerprint density at radius 3 is 2.74 bits per heavy atom. The van der Waals surface area contributed by atoms with Crippen molar-refractivity contribution in [1.82, 2.24) is 9.36 Å². The first-order valence-electron chi connectivity index (χ1n) is 8.12. The molecule has 2 aromatic rings. The number of ether oxygens (including phenoxy) is 2. The zero-order valence-electron chi connectivity index (χ0n) is 13.5. The summed E-state index contributed by atoms with van der Waals surface area (Å²) in [5, 5.41) is 4.10. The number of nitrogens with zero attached hydrogens (tertiary/aromatic N) is 2. The van der Waals surface area contributed by atoms with E-state index in [0.29, 0.717) is 19.3 Å². The lowest BCUT2D eigenvalue weighted by atomic mass is 10.2. The van der Waals surface area contributed by atoms with Crippen molar-refractivity contribution in [1.29, 1.82) is 0 Å². The molecule has 1 aromatic carbocycles. The first-order chi connectivity index (χ1) is 11.3. The van der Waals surface area contributed by atoms with Crippen molar-refractivity contribution in [2.24, 2.45) is 0 Å². The molecule has 0 bridgehead atoms. The van der Waals surface area contributed by atoms with Crippen LogP contribution in [-0.4, -0.2) is 29.2 Å². The summed E-state index contributed by atoms with van der Waals surface area (Å²) in [5.74, 6) is 0.820. The Morgan fingerprint density at radius 1 is 1.22 bits per heavy atom. The third kappa shape index (κ3) is 4.99. The molecule has 0 radical (unpaired) electrons. The highest BCUT2D eigenvalue weighted by atomic mass is 32.1. The molecule has 23 heavy (non-hydrogen) atoms. The van der Waals surface area contributed by atoms with Crippen molar-refractivity contribution in [2.75, 3.05) is 19.0 Å². The molecule has 0 unspecified atom stereocenters. The molecule has 1 aliphatic rings. The smallest absolute Gasteiger partial charge is 0.207 e. The van der Waals surface area contributed by atoms with Gasteiger partial charge in [0.2, 0.25) is 5.13 Å². The van der Waals surface area contributed by atoms with Crippen LogP contribution in [-0.2, 0) is 22.5 Å². The van der Waals surface area contributed by atoms with Crippen LogP contribution in [0.5, 0.6) is 0 Å². The first-order valence-corrected chi connectivity index (χ1v) is 8.90. The Labute approximate surface area is 141 Å². The van der Waals surface area contributed by atoms with Crippen LogP contribution in [0.1, 0.15) is 37.1 Å². The number of benzene rings is 1. The van der Waals surface area contributed by atoms with Crippen molar-refractivity contribution in [3.8, 4) is 0 Å². The van der Waals surface area contributed by atoms with E-state index >= 15 is 0 Å². The van der Waals surface area contributed by atoms with E-state index < -0.39 is 0 Å². The van der Waals surface area contributed by atoms with Gasteiger partial charge in [-0.3, -0.25) is 0 Å². The molecule has 6 heteroatoms. The standard InChI is InChI=1S/C17H23N3O2S/c1-21-11-10-16-19-17(23-20-16)18-14-8-6-13(7-9-14)12-22-15-4-2-3-5-15/h6-9,15H,2-5,10-12H2,1H3,(H,18,19,20). The summed E-state index contributed by atoms with van der Waals surface area (Å²) in [6, 6.07) is 8.32. The monoisotopic (exact) mass is 333 g/mol. The zero-order chi connectivity index (χ0) is 15.9. The van der Waals surface area contributed by atoms with Crippen molar-refractivity contribution < 1.29 is 9.47 Å². The average Bonchev–Trinajstić information content (AvgIpc) is 3.24. The van der Waals surface area contributed by atoms with Crippen LogP contribution in [0, 0.1) is 0 Å². The summed E-state index contributed by atoms with van der Waals surface area (Å²) in [6.45, 7) is 1.34. The second kappa shape index (κ2) is 8.38. The summed E-state index contributed by atoms with van der Waals surface area (Å²) in [4.78, 5) is 4.45. The molecule has 0 spiro atoms. The molecule has 0 amide bonds. The van der Waals surface area contributed by atoms with Crippen LogP contribution in [0.2, 0.25) is 0 Å². The van der Waals surface area contributed by atoms with Crippen molar-refractivity contribution in [3.05, 3.63) is 35.7 Å². The van der Waals surface area contributed by atoms with Crippen LogP contribution >= 0.6 is 11.5 Å². The van der Waals surface area contributed by atoms with E-state index in [0.717, 1.165) is 23.1 Å². The quantitative estimate of drug-likeness (QED) is 0.793. The van der Waals surface area contributed by atoms with E-state index in [1.807, 2.05) is 0 Å². The van der Waals surface area contributed by atoms with E-state index in [-0.39, 0.29) is 0 Å². The maximum absolute atomic E-state index is 5.94. The number of aromatic nitrogens is 2. The third-order valence-corrected chi connectivity index (χ3v) is 4.66. The van der Waals surface area contributed by atoms with Gasteiger partial charge in [-0.05, 0) is 30.5 Å². The number of methoxy groups -OCH3 is 1. The van der Waals surface area contributed by atoms with Gasteiger partial charge in [0.25, 0.3) is 0 Å². The largest absolute Gasteiger partial charge is 0.384 e. The Balaban J connectivity index is 1.49. The SMILES string of the molecule is COCCc1nsc(Nc2ccc(COC3CCCC3)cc2)n1. The minimum absolute atomic E-state index is 0.458. The van der Waals surface area contributed by atoms with E-state index in [2.05, 4.69) is 38.9 Å². The minimum atomic E-state index is 0.458. The average molecular weight is 333 g/mol. The van der Waals surface area contributed by atoms with E-state index in [9.17, 15) is 0 Å². The lowest BCUT2D eigenvalue weighted by Crippen LogP contribution is -2.07.